The third kappa shape index (κ3) is 3.03. The van der Waals surface area contributed by atoms with Crippen molar-refractivity contribution >= 4 is 12.3 Å². The van der Waals surface area contributed by atoms with Crippen LogP contribution in [0.15, 0.2) is 11.6 Å². The van der Waals surface area contributed by atoms with Crippen LogP contribution in [0.2, 0.25) is 0 Å². The Hall–Kier alpha value is -1.16. The van der Waals surface area contributed by atoms with E-state index in [1.54, 1.807) is 0 Å². The Bertz CT molecular complexity index is 757. The molecule has 0 spiro atoms. The van der Waals surface area contributed by atoms with Gasteiger partial charge in [0.1, 0.15) is 11.7 Å². The molecule has 3 saturated carbocycles. The summed E-state index contributed by atoms with van der Waals surface area (Å²) in [7, 11) is 0. The average molecular weight is 445 g/mol. The summed E-state index contributed by atoms with van der Waals surface area (Å²) in [4.78, 5) is 26.3. The van der Waals surface area contributed by atoms with Crippen molar-refractivity contribution in [3.63, 3.8) is 0 Å². The number of aldehydes is 1. The summed E-state index contributed by atoms with van der Waals surface area (Å²) < 4.78 is 6.35. The molecule has 0 amide bonds. The van der Waals surface area contributed by atoms with E-state index in [2.05, 4.69) is 33.8 Å². The molecule has 3 fully saturated rings. The topological polar surface area (TPSA) is 63.6 Å². The minimum absolute atomic E-state index is 0.129. The third-order valence-electron chi connectivity index (χ3n) is 10.1. The van der Waals surface area contributed by atoms with E-state index in [9.17, 15) is 14.7 Å². The third-order valence-corrected chi connectivity index (χ3v) is 10.1. The Morgan fingerprint density at radius 2 is 1.91 bits per heavy atom. The predicted octanol–water partition coefficient (Wildman–Crippen LogP) is 6.29. The molecule has 4 aliphatic carbocycles. The molecule has 0 heterocycles. The van der Waals surface area contributed by atoms with E-state index in [0.717, 1.165) is 37.5 Å². The van der Waals surface area contributed by atoms with Gasteiger partial charge < -0.3 is 14.6 Å². The number of carbonyl (C=O) groups is 2. The lowest BCUT2D eigenvalue weighted by Crippen LogP contribution is -2.63. The maximum Gasteiger partial charge on any atom is 0.315 e. The standard InChI is InChI=1S/C28H44O4/c1-5-6-7-8-9-10-13-32-18-27-16-22-20(4)11-12-23(22)26(17-29)15-21(27)14-24(19(2)3)28(26,27)25(30)31/h14,17,19-23H,5-13,15-16,18H2,1-4H3,(H,30,31). The van der Waals surface area contributed by atoms with Crippen LogP contribution in [0.4, 0.5) is 0 Å². The van der Waals surface area contributed by atoms with Gasteiger partial charge in [0.15, 0.2) is 0 Å². The minimum Gasteiger partial charge on any atom is -0.481 e. The van der Waals surface area contributed by atoms with Gasteiger partial charge in [-0.25, -0.2) is 0 Å². The molecule has 4 heteroatoms. The van der Waals surface area contributed by atoms with E-state index in [0.29, 0.717) is 31.5 Å². The van der Waals surface area contributed by atoms with E-state index >= 15 is 0 Å². The number of carbonyl (C=O) groups excluding carboxylic acids is 1. The number of carboxylic acids is 1. The van der Waals surface area contributed by atoms with Gasteiger partial charge in [-0.15, -0.1) is 0 Å². The largest absolute Gasteiger partial charge is 0.481 e. The number of allylic oxidation sites excluding steroid dienone is 1. The highest BCUT2D eigenvalue weighted by molar-refractivity contribution is 5.90. The highest BCUT2D eigenvalue weighted by atomic mass is 16.5. The van der Waals surface area contributed by atoms with Gasteiger partial charge in [0.05, 0.1) is 12.0 Å². The molecule has 0 radical (unpaired) electrons. The molecule has 7 atom stereocenters. The number of carboxylic acid groups (broad SMARTS) is 1. The quantitative estimate of drug-likeness (QED) is 0.218. The van der Waals surface area contributed by atoms with Gasteiger partial charge >= 0.3 is 5.97 Å². The highest BCUT2D eigenvalue weighted by Gasteiger charge is 2.84. The molecule has 0 saturated heterocycles. The molecule has 4 rings (SSSR count). The Labute approximate surface area is 194 Å². The SMILES string of the molecule is CCCCCCCCOCC12CC3C(C)CCC3C3(C=O)CC1C=C(C(C)C)C32C(=O)O. The molecular formula is C28H44O4. The molecule has 0 aromatic heterocycles. The van der Waals surface area contributed by atoms with Crippen LogP contribution in [-0.2, 0) is 14.3 Å². The van der Waals surface area contributed by atoms with Crippen LogP contribution >= 0.6 is 0 Å². The first-order valence-corrected chi connectivity index (χ1v) is 13.3. The number of rotatable bonds is 12. The van der Waals surface area contributed by atoms with E-state index in [4.69, 9.17) is 4.74 Å². The Morgan fingerprint density at radius 1 is 1.19 bits per heavy atom. The van der Waals surface area contributed by atoms with Gasteiger partial charge in [-0.1, -0.05) is 77.9 Å². The molecule has 180 valence electrons. The lowest BCUT2D eigenvalue weighted by atomic mass is 9.43. The van der Waals surface area contributed by atoms with Crippen molar-refractivity contribution in [1.29, 1.82) is 0 Å². The van der Waals surface area contributed by atoms with Crippen molar-refractivity contribution < 1.29 is 19.4 Å². The Morgan fingerprint density at radius 3 is 2.56 bits per heavy atom. The van der Waals surface area contributed by atoms with Gasteiger partial charge in [0.25, 0.3) is 0 Å². The smallest absolute Gasteiger partial charge is 0.315 e. The zero-order valence-electron chi connectivity index (χ0n) is 20.7. The van der Waals surface area contributed by atoms with Crippen LogP contribution in [0.1, 0.15) is 91.9 Å². The van der Waals surface area contributed by atoms with E-state index < -0.39 is 22.2 Å². The number of hydrogen-bond donors (Lipinski definition) is 1. The van der Waals surface area contributed by atoms with Crippen molar-refractivity contribution in [2.75, 3.05) is 13.2 Å². The maximum absolute atomic E-state index is 13.3. The average Bonchev–Trinajstić information content (AvgIpc) is 3.33. The molecule has 1 N–H and O–H groups in total. The van der Waals surface area contributed by atoms with E-state index in [1.165, 1.54) is 32.1 Å². The monoisotopic (exact) mass is 444 g/mol. The summed E-state index contributed by atoms with van der Waals surface area (Å²) in [5.74, 6) is 0.696. The van der Waals surface area contributed by atoms with Crippen LogP contribution in [0.5, 0.6) is 0 Å². The number of hydrogen-bond acceptors (Lipinski definition) is 3. The fraction of sp³-hybridized carbons (Fsp3) is 0.857. The van der Waals surface area contributed by atoms with Crippen LogP contribution in [0.25, 0.3) is 0 Å². The fourth-order valence-electron chi connectivity index (χ4n) is 8.87. The van der Waals surface area contributed by atoms with Gasteiger partial charge in [-0.05, 0) is 55.3 Å². The second-order valence-corrected chi connectivity index (χ2v) is 11.8. The van der Waals surface area contributed by atoms with Crippen molar-refractivity contribution in [2.45, 2.75) is 91.9 Å². The maximum atomic E-state index is 13.3. The lowest BCUT2D eigenvalue weighted by molar-refractivity contribution is -0.186. The Kier molecular flexibility index (Phi) is 6.66. The summed E-state index contributed by atoms with van der Waals surface area (Å²) >= 11 is 0. The molecule has 4 aliphatic rings. The molecular weight excluding hydrogens is 400 g/mol. The van der Waals surface area contributed by atoms with Crippen LogP contribution in [0.3, 0.4) is 0 Å². The predicted molar refractivity (Wildman–Crippen MR) is 126 cm³/mol. The fourth-order valence-corrected chi connectivity index (χ4v) is 8.87. The van der Waals surface area contributed by atoms with Crippen LogP contribution in [-0.4, -0.2) is 30.6 Å². The van der Waals surface area contributed by atoms with Gasteiger partial charge in [0, 0.05) is 12.0 Å². The molecule has 4 bridgehead atoms. The van der Waals surface area contributed by atoms with Crippen molar-refractivity contribution in [2.24, 2.45) is 45.8 Å². The first-order chi connectivity index (χ1) is 15.3. The zero-order valence-corrected chi connectivity index (χ0v) is 20.7. The minimum atomic E-state index is -1.09. The van der Waals surface area contributed by atoms with Gasteiger partial charge in [-0.2, -0.15) is 0 Å². The molecule has 0 aromatic carbocycles. The van der Waals surface area contributed by atoms with Crippen LogP contribution < -0.4 is 0 Å². The number of unbranched alkanes of at least 4 members (excludes halogenated alkanes) is 5. The van der Waals surface area contributed by atoms with Crippen molar-refractivity contribution in [3.05, 3.63) is 11.6 Å². The summed E-state index contributed by atoms with van der Waals surface area (Å²) in [5, 5.41) is 10.9. The number of fused-ring (bicyclic) bond motifs is 2. The highest BCUT2D eigenvalue weighted by Crippen LogP contribution is 2.82. The van der Waals surface area contributed by atoms with E-state index in [-0.39, 0.29) is 17.8 Å². The summed E-state index contributed by atoms with van der Waals surface area (Å²) in [6, 6.07) is 0. The van der Waals surface area contributed by atoms with Crippen molar-refractivity contribution in [1.82, 2.24) is 0 Å². The molecule has 7 unspecified atom stereocenters. The lowest BCUT2D eigenvalue weighted by Gasteiger charge is -2.58. The number of aliphatic carboxylic acids is 1. The second-order valence-electron chi connectivity index (χ2n) is 11.8. The van der Waals surface area contributed by atoms with E-state index in [1.807, 2.05) is 0 Å². The summed E-state index contributed by atoms with van der Waals surface area (Å²) in [6.45, 7) is 9.93. The Balaban J connectivity index is 1.63. The van der Waals surface area contributed by atoms with Gasteiger partial charge in [0.2, 0.25) is 0 Å². The second kappa shape index (κ2) is 8.89. The van der Waals surface area contributed by atoms with Gasteiger partial charge in [-0.3, -0.25) is 4.79 Å². The summed E-state index contributed by atoms with van der Waals surface area (Å²) in [6.07, 6.45) is 14.4. The summed E-state index contributed by atoms with van der Waals surface area (Å²) in [5.41, 5.74) is -1.32. The first kappa shape index (κ1) is 24.0. The first-order valence-electron chi connectivity index (χ1n) is 13.3. The normalized spacial score (nSPS) is 41.7. The van der Waals surface area contributed by atoms with Crippen molar-refractivity contribution in [3.8, 4) is 0 Å². The number of ether oxygens (including phenoxy) is 1. The van der Waals surface area contributed by atoms with Crippen LogP contribution in [0, 0.1) is 45.8 Å². The molecule has 4 nitrogen and oxygen atoms in total. The molecule has 0 aliphatic heterocycles. The zero-order chi connectivity index (χ0) is 23.1. The molecule has 32 heavy (non-hydrogen) atoms. The molecule has 0 aromatic rings.